The maximum Gasteiger partial charge on any atom is 0.239 e. The number of aryl methyl sites for hydroxylation is 1. The van der Waals surface area contributed by atoms with Gasteiger partial charge in [0.2, 0.25) is 5.91 Å². The van der Waals surface area contributed by atoms with Gasteiger partial charge < -0.3 is 15.4 Å². The monoisotopic (exact) mass is 404 g/mol. The summed E-state index contributed by atoms with van der Waals surface area (Å²) in [5, 5.41) is 0. The lowest BCUT2D eigenvalue weighted by molar-refractivity contribution is -0.132. The molecule has 0 spiro atoms. The average Bonchev–Trinajstić information content (AvgIpc) is 3.05. The minimum absolute atomic E-state index is 0. The van der Waals surface area contributed by atoms with Crippen LogP contribution in [0.2, 0.25) is 0 Å². The van der Waals surface area contributed by atoms with Gasteiger partial charge in [-0.05, 0) is 31.2 Å². The fraction of sp³-hybridized carbons (Fsp3) is 0.611. The fourth-order valence-corrected chi connectivity index (χ4v) is 3.62. The van der Waals surface area contributed by atoms with Gasteiger partial charge in [0.25, 0.3) is 0 Å². The average molecular weight is 405 g/mol. The molecule has 1 aliphatic rings. The molecule has 1 aliphatic heterocycles. The second-order valence-corrected chi connectivity index (χ2v) is 8.94. The lowest BCUT2D eigenvalue weighted by Gasteiger charge is -2.20. The van der Waals surface area contributed by atoms with Gasteiger partial charge in [0, 0.05) is 26.0 Å². The van der Waals surface area contributed by atoms with Crippen molar-refractivity contribution in [2.24, 2.45) is 5.73 Å². The molecule has 2 unspecified atom stereocenters. The van der Waals surface area contributed by atoms with Crippen molar-refractivity contribution in [3.8, 4) is 0 Å². The van der Waals surface area contributed by atoms with E-state index in [1.807, 2.05) is 18.2 Å². The third-order valence-corrected chi connectivity index (χ3v) is 5.36. The van der Waals surface area contributed by atoms with Crippen molar-refractivity contribution in [3.63, 3.8) is 0 Å². The van der Waals surface area contributed by atoms with Gasteiger partial charge >= 0.3 is 0 Å². The third kappa shape index (κ3) is 8.03. The van der Waals surface area contributed by atoms with E-state index in [9.17, 15) is 13.2 Å². The molecule has 0 aromatic heterocycles. The maximum atomic E-state index is 12.3. The molecule has 148 valence electrons. The SMILES string of the molecule is CS(=O)(=O)CCC(N)C(=O)N1CCC(OCCCc2ccccc2)C1.Cl. The number of ether oxygens (including phenoxy) is 1. The van der Waals surface area contributed by atoms with E-state index in [2.05, 4.69) is 12.1 Å². The zero-order chi connectivity index (χ0) is 18.3. The summed E-state index contributed by atoms with van der Waals surface area (Å²) in [5.74, 6) is -0.244. The fourth-order valence-electron chi connectivity index (χ4n) is 2.93. The van der Waals surface area contributed by atoms with Gasteiger partial charge in [0.05, 0.1) is 17.9 Å². The zero-order valence-corrected chi connectivity index (χ0v) is 16.8. The third-order valence-electron chi connectivity index (χ3n) is 4.38. The van der Waals surface area contributed by atoms with E-state index in [4.69, 9.17) is 10.5 Å². The lowest BCUT2D eigenvalue weighted by atomic mass is 10.1. The van der Waals surface area contributed by atoms with Crippen LogP contribution in [-0.2, 0) is 25.8 Å². The molecular formula is C18H29ClN2O4S. The Morgan fingerprint density at radius 3 is 2.69 bits per heavy atom. The van der Waals surface area contributed by atoms with Crippen molar-refractivity contribution in [1.29, 1.82) is 0 Å². The molecule has 2 atom stereocenters. The van der Waals surface area contributed by atoms with Crippen LogP contribution in [0.4, 0.5) is 0 Å². The standard InChI is InChI=1S/C18H28N2O4S.ClH/c1-25(22,23)13-10-17(19)18(21)20-11-9-16(14-20)24-12-5-8-15-6-3-2-4-7-15;/h2-4,6-7,16-17H,5,8-14,19H2,1H3;1H. The topological polar surface area (TPSA) is 89.7 Å². The predicted octanol–water partition coefficient (Wildman–Crippen LogP) is 1.42. The smallest absolute Gasteiger partial charge is 0.239 e. The summed E-state index contributed by atoms with van der Waals surface area (Å²) in [5.41, 5.74) is 7.14. The van der Waals surface area contributed by atoms with E-state index in [1.54, 1.807) is 4.90 Å². The van der Waals surface area contributed by atoms with Crippen LogP contribution in [0.15, 0.2) is 30.3 Å². The number of hydrogen-bond acceptors (Lipinski definition) is 5. The highest BCUT2D eigenvalue weighted by Crippen LogP contribution is 2.15. The highest BCUT2D eigenvalue weighted by molar-refractivity contribution is 7.90. The van der Waals surface area contributed by atoms with Gasteiger partial charge in [-0.1, -0.05) is 30.3 Å². The highest BCUT2D eigenvalue weighted by Gasteiger charge is 2.29. The Morgan fingerprint density at radius 2 is 2.04 bits per heavy atom. The number of carbonyl (C=O) groups excluding carboxylic acids is 1. The predicted molar refractivity (Wildman–Crippen MR) is 105 cm³/mol. The van der Waals surface area contributed by atoms with Crippen molar-refractivity contribution in [2.45, 2.75) is 37.8 Å². The summed E-state index contributed by atoms with van der Waals surface area (Å²) < 4.78 is 28.2. The number of likely N-dealkylation sites (tertiary alicyclic amines) is 1. The van der Waals surface area contributed by atoms with Gasteiger partial charge in [0.15, 0.2) is 0 Å². The molecule has 8 heteroatoms. The van der Waals surface area contributed by atoms with Gasteiger partial charge in [-0.15, -0.1) is 12.4 Å². The first kappa shape index (κ1) is 22.9. The van der Waals surface area contributed by atoms with Crippen molar-refractivity contribution in [3.05, 3.63) is 35.9 Å². The molecule has 0 aliphatic carbocycles. The largest absolute Gasteiger partial charge is 0.376 e. The molecule has 6 nitrogen and oxygen atoms in total. The molecule has 1 aromatic carbocycles. The zero-order valence-electron chi connectivity index (χ0n) is 15.2. The van der Waals surface area contributed by atoms with Crippen molar-refractivity contribution in [1.82, 2.24) is 4.90 Å². The summed E-state index contributed by atoms with van der Waals surface area (Å²) in [6, 6.07) is 9.52. The summed E-state index contributed by atoms with van der Waals surface area (Å²) in [4.78, 5) is 14.0. The van der Waals surface area contributed by atoms with Gasteiger partial charge in [-0.25, -0.2) is 8.42 Å². The van der Waals surface area contributed by atoms with E-state index in [1.165, 1.54) is 5.56 Å². The van der Waals surface area contributed by atoms with E-state index in [0.717, 1.165) is 25.5 Å². The molecule has 26 heavy (non-hydrogen) atoms. The number of amides is 1. The number of carbonyl (C=O) groups is 1. The van der Waals surface area contributed by atoms with Crippen LogP contribution >= 0.6 is 12.4 Å². The van der Waals surface area contributed by atoms with Crippen molar-refractivity contribution < 1.29 is 17.9 Å². The molecule has 2 N–H and O–H groups in total. The van der Waals surface area contributed by atoms with Crippen molar-refractivity contribution >= 4 is 28.2 Å². The summed E-state index contributed by atoms with van der Waals surface area (Å²) in [7, 11) is -3.10. The quantitative estimate of drug-likeness (QED) is 0.628. The summed E-state index contributed by atoms with van der Waals surface area (Å²) in [6.07, 6.45) is 4.09. The van der Waals surface area contributed by atoms with Gasteiger partial charge in [0.1, 0.15) is 9.84 Å². The Bertz CT molecular complexity index is 654. The minimum atomic E-state index is -3.10. The van der Waals surface area contributed by atoms with Crippen molar-refractivity contribution in [2.75, 3.05) is 31.7 Å². The molecule has 0 radical (unpaired) electrons. The molecule has 0 bridgehead atoms. The van der Waals surface area contributed by atoms with E-state index >= 15 is 0 Å². The summed E-state index contributed by atoms with van der Waals surface area (Å²) >= 11 is 0. The van der Waals surface area contributed by atoms with Crippen LogP contribution in [0, 0.1) is 0 Å². The highest BCUT2D eigenvalue weighted by atomic mass is 35.5. The van der Waals surface area contributed by atoms with Crippen LogP contribution < -0.4 is 5.73 Å². The van der Waals surface area contributed by atoms with E-state index in [0.29, 0.717) is 19.7 Å². The van der Waals surface area contributed by atoms with Gasteiger partial charge in [-0.3, -0.25) is 4.79 Å². The molecule has 1 saturated heterocycles. The number of nitrogens with zero attached hydrogens (tertiary/aromatic N) is 1. The Morgan fingerprint density at radius 1 is 1.35 bits per heavy atom. The Hall–Kier alpha value is -1.15. The van der Waals surface area contributed by atoms with Crippen LogP contribution in [0.5, 0.6) is 0 Å². The molecule has 0 saturated carbocycles. The molecular weight excluding hydrogens is 376 g/mol. The van der Waals surface area contributed by atoms with Crippen LogP contribution in [0.1, 0.15) is 24.8 Å². The maximum absolute atomic E-state index is 12.3. The molecule has 1 amide bonds. The number of nitrogens with two attached hydrogens (primary N) is 1. The number of hydrogen-bond donors (Lipinski definition) is 1. The minimum Gasteiger partial charge on any atom is -0.376 e. The number of sulfone groups is 1. The molecule has 1 fully saturated rings. The number of rotatable bonds is 9. The van der Waals surface area contributed by atoms with Crippen LogP contribution in [0.3, 0.4) is 0 Å². The summed E-state index contributed by atoms with van der Waals surface area (Å²) in [6.45, 7) is 1.83. The Labute approximate surface area is 162 Å². The second-order valence-electron chi connectivity index (χ2n) is 6.68. The number of halogens is 1. The second kappa shape index (κ2) is 10.9. The van der Waals surface area contributed by atoms with E-state index in [-0.39, 0.29) is 36.6 Å². The molecule has 1 aromatic rings. The Balaban J connectivity index is 0.00000338. The number of benzene rings is 1. The van der Waals surface area contributed by atoms with E-state index < -0.39 is 15.9 Å². The first-order valence-corrected chi connectivity index (χ1v) is 10.8. The lowest BCUT2D eigenvalue weighted by Crippen LogP contribution is -2.43. The normalized spacial score (nSPS) is 18.4. The van der Waals surface area contributed by atoms with Gasteiger partial charge in [-0.2, -0.15) is 0 Å². The van der Waals surface area contributed by atoms with Crippen LogP contribution in [0.25, 0.3) is 0 Å². The Kier molecular flexibility index (Phi) is 9.57. The first-order chi connectivity index (χ1) is 11.8. The first-order valence-electron chi connectivity index (χ1n) is 8.73. The molecule has 1 heterocycles. The molecule has 2 rings (SSSR count). The van der Waals surface area contributed by atoms with Crippen LogP contribution in [-0.4, -0.2) is 63.1 Å².